The van der Waals surface area contributed by atoms with Crippen LogP contribution >= 0.6 is 0 Å². The van der Waals surface area contributed by atoms with Crippen LogP contribution in [0.3, 0.4) is 0 Å². The minimum absolute atomic E-state index is 0.191. The van der Waals surface area contributed by atoms with Crippen molar-refractivity contribution in [3.05, 3.63) is 29.8 Å². The summed E-state index contributed by atoms with van der Waals surface area (Å²) >= 11 is 0. The summed E-state index contributed by atoms with van der Waals surface area (Å²) in [6.07, 6.45) is 1.31. The fourth-order valence-electron chi connectivity index (χ4n) is 2.98. The van der Waals surface area contributed by atoms with Gasteiger partial charge in [0, 0.05) is 39.3 Å². The molecule has 0 bridgehead atoms. The summed E-state index contributed by atoms with van der Waals surface area (Å²) in [4.78, 5) is 17.9. The van der Waals surface area contributed by atoms with Crippen molar-refractivity contribution in [2.24, 2.45) is 4.99 Å². The van der Waals surface area contributed by atoms with Crippen molar-refractivity contribution in [3.63, 3.8) is 0 Å². The minimum Gasteiger partial charge on any atom is -0.450 e. The molecule has 0 atom stereocenters. The highest BCUT2D eigenvalue weighted by Gasteiger charge is 2.24. The molecule has 1 fully saturated rings. The van der Waals surface area contributed by atoms with Gasteiger partial charge in [0.25, 0.3) is 0 Å². The van der Waals surface area contributed by atoms with Gasteiger partial charge in [0.15, 0.2) is 5.96 Å². The van der Waals surface area contributed by atoms with Crippen LogP contribution < -0.4 is 15.4 Å². The molecule has 0 radical (unpaired) electrons. The Morgan fingerprint density at radius 3 is 2.45 bits per heavy atom. The maximum atomic E-state index is 12.3. The number of likely N-dealkylation sites (tertiary alicyclic amines) is 1. The number of aryl methyl sites for hydroxylation is 1. The normalized spacial score (nSPS) is 15.8. The van der Waals surface area contributed by atoms with Crippen molar-refractivity contribution in [3.8, 4) is 0 Å². The largest absolute Gasteiger partial charge is 0.450 e. The summed E-state index contributed by atoms with van der Waals surface area (Å²) in [6.45, 7) is 5.97. The molecule has 1 aromatic rings. The van der Waals surface area contributed by atoms with Crippen LogP contribution in [-0.2, 0) is 14.8 Å². The van der Waals surface area contributed by atoms with Gasteiger partial charge in [-0.15, -0.1) is 0 Å². The number of guanidine groups is 1. The number of aliphatic imine (C=N–C) groups is 1. The lowest BCUT2D eigenvalue weighted by molar-refractivity contribution is 0.0963. The SMILES string of the molecule is CCOC(=O)N1CCC(NC(=NC)NCCNS(=O)(=O)c2ccc(C)cc2)CC1. The lowest BCUT2D eigenvalue weighted by atomic mass is 10.1. The molecule has 0 aromatic heterocycles. The number of ether oxygens (including phenoxy) is 1. The third-order valence-corrected chi connectivity index (χ3v) is 6.10. The summed E-state index contributed by atoms with van der Waals surface area (Å²) in [5, 5.41) is 6.43. The lowest BCUT2D eigenvalue weighted by Gasteiger charge is -2.32. The van der Waals surface area contributed by atoms with Gasteiger partial charge < -0.3 is 20.3 Å². The fraction of sp³-hybridized carbons (Fsp3) is 0.579. The standard InChI is InChI=1S/C19H31N5O4S/c1-4-28-19(25)24-13-9-16(10-14-24)23-18(20-3)21-11-12-22-29(26,27)17-7-5-15(2)6-8-17/h5-8,16,22H,4,9-14H2,1-3H3,(H2,20,21,23). The van der Waals surface area contributed by atoms with E-state index in [1.165, 1.54) is 0 Å². The van der Waals surface area contributed by atoms with Crippen LogP contribution in [0.15, 0.2) is 34.2 Å². The molecule has 1 saturated heterocycles. The Bertz CT molecular complexity index is 787. The van der Waals surface area contributed by atoms with E-state index >= 15 is 0 Å². The van der Waals surface area contributed by atoms with Crippen molar-refractivity contribution >= 4 is 22.1 Å². The van der Waals surface area contributed by atoms with E-state index in [1.54, 1.807) is 43.1 Å². The maximum Gasteiger partial charge on any atom is 0.409 e. The van der Waals surface area contributed by atoms with Gasteiger partial charge in [-0.05, 0) is 38.8 Å². The smallest absolute Gasteiger partial charge is 0.409 e. The Balaban J connectivity index is 1.72. The van der Waals surface area contributed by atoms with Crippen LogP contribution in [-0.4, -0.2) is 71.2 Å². The van der Waals surface area contributed by atoms with E-state index in [-0.39, 0.29) is 23.6 Å². The number of nitrogens with zero attached hydrogens (tertiary/aromatic N) is 2. The molecule has 1 aromatic carbocycles. The number of benzene rings is 1. The molecule has 3 N–H and O–H groups in total. The van der Waals surface area contributed by atoms with Crippen LogP contribution in [0.25, 0.3) is 0 Å². The van der Waals surface area contributed by atoms with E-state index in [0.717, 1.165) is 18.4 Å². The Morgan fingerprint density at radius 2 is 1.86 bits per heavy atom. The molecule has 9 nitrogen and oxygen atoms in total. The van der Waals surface area contributed by atoms with Crippen molar-refractivity contribution in [2.45, 2.75) is 37.6 Å². The van der Waals surface area contributed by atoms with Gasteiger partial charge in [0.05, 0.1) is 11.5 Å². The highest BCUT2D eigenvalue weighted by atomic mass is 32.2. The van der Waals surface area contributed by atoms with E-state index in [2.05, 4.69) is 20.3 Å². The number of piperidine rings is 1. The third kappa shape index (κ3) is 7.21. The highest BCUT2D eigenvalue weighted by Crippen LogP contribution is 2.11. The average molecular weight is 426 g/mol. The van der Waals surface area contributed by atoms with Crippen molar-refractivity contribution in [1.29, 1.82) is 0 Å². The van der Waals surface area contributed by atoms with Crippen molar-refractivity contribution in [1.82, 2.24) is 20.3 Å². The van der Waals surface area contributed by atoms with Crippen LogP contribution in [0, 0.1) is 6.92 Å². The first-order valence-electron chi connectivity index (χ1n) is 9.81. The monoisotopic (exact) mass is 425 g/mol. The molecule has 0 aliphatic carbocycles. The van der Waals surface area contributed by atoms with Gasteiger partial charge in [-0.3, -0.25) is 4.99 Å². The number of rotatable bonds is 7. The number of nitrogens with one attached hydrogen (secondary N) is 3. The molecule has 1 aliphatic rings. The summed E-state index contributed by atoms with van der Waals surface area (Å²) in [6, 6.07) is 6.91. The zero-order valence-corrected chi connectivity index (χ0v) is 18.1. The first kappa shape index (κ1) is 23.0. The van der Waals surface area contributed by atoms with Gasteiger partial charge in [0.2, 0.25) is 10.0 Å². The predicted octanol–water partition coefficient (Wildman–Crippen LogP) is 1.06. The topological polar surface area (TPSA) is 112 Å². The molecule has 162 valence electrons. The van der Waals surface area contributed by atoms with Crippen molar-refractivity contribution in [2.75, 3.05) is 39.8 Å². The van der Waals surface area contributed by atoms with Gasteiger partial charge in [0.1, 0.15) is 0 Å². The molecule has 0 saturated carbocycles. The second-order valence-electron chi connectivity index (χ2n) is 6.81. The van der Waals surface area contributed by atoms with E-state index in [4.69, 9.17) is 4.74 Å². The van der Waals surface area contributed by atoms with Crippen molar-refractivity contribution < 1.29 is 17.9 Å². The predicted molar refractivity (Wildman–Crippen MR) is 112 cm³/mol. The second kappa shape index (κ2) is 11.0. The second-order valence-corrected chi connectivity index (χ2v) is 8.58. The fourth-order valence-corrected chi connectivity index (χ4v) is 4.01. The molecule has 1 heterocycles. The Labute approximate surface area is 173 Å². The number of sulfonamides is 1. The summed E-state index contributed by atoms with van der Waals surface area (Å²) in [5.74, 6) is 0.606. The van der Waals surface area contributed by atoms with Gasteiger partial charge in [-0.1, -0.05) is 17.7 Å². The molecule has 2 rings (SSSR count). The molecule has 1 aliphatic heterocycles. The minimum atomic E-state index is -3.53. The first-order valence-corrected chi connectivity index (χ1v) is 11.3. The molecule has 1 amide bonds. The van der Waals surface area contributed by atoms with E-state index < -0.39 is 10.0 Å². The third-order valence-electron chi connectivity index (χ3n) is 4.63. The quantitative estimate of drug-likeness (QED) is 0.342. The summed E-state index contributed by atoms with van der Waals surface area (Å²) in [5.41, 5.74) is 1.01. The number of hydrogen-bond acceptors (Lipinski definition) is 5. The Hall–Kier alpha value is -2.33. The number of hydrogen-bond donors (Lipinski definition) is 3. The van der Waals surface area contributed by atoms with E-state index in [9.17, 15) is 13.2 Å². The Kier molecular flexibility index (Phi) is 8.71. The molecular weight excluding hydrogens is 394 g/mol. The maximum absolute atomic E-state index is 12.3. The van der Waals surface area contributed by atoms with E-state index in [0.29, 0.717) is 32.2 Å². The molecule has 0 unspecified atom stereocenters. The highest BCUT2D eigenvalue weighted by molar-refractivity contribution is 7.89. The number of carbonyl (C=O) groups excluding carboxylic acids is 1. The molecule has 10 heteroatoms. The van der Waals surface area contributed by atoms with E-state index in [1.807, 2.05) is 6.92 Å². The van der Waals surface area contributed by atoms with Gasteiger partial charge in [-0.2, -0.15) is 0 Å². The summed E-state index contributed by atoms with van der Waals surface area (Å²) < 4.78 is 32.2. The van der Waals surface area contributed by atoms with Crippen LogP contribution in [0.4, 0.5) is 4.79 Å². The molecule has 29 heavy (non-hydrogen) atoms. The average Bonchev–Trinajstić information content (AvgIpc) is 2.71. The van der Waals surface area contributed by atoms with Crippen LogP contribution in [0.2, 0.25) is 0 Å². The Morgan fingerprint density at radius 1 is 1.21 bits per heavy atom. The molecular formula is C19H31N5O4S. The lowest BCUT2D eigenvalue weighted by Crippen LogP contribution is -2.50. The zero-order chi connectivity index (χ0) is 21.3. The number of amides is 1. The van der Waals surface area contributed by atoms with Crippen LogP contribution in [0.5, 0.6) is 0 Å². The van der Waals surface area contributed by atoms with Gasteiger partial charge in [-0.25, -0.2) is 17.9 Å². The first-order chi connectivity index (χ1) is 13.9. The zero-order valence-electron chi connectivity index (χ0n) is 17.3. The number of carbonyl (C=O) groups is 1. The molecule has 0 spiro atoms. The van der Waals surface area contributed by atoms with Gasteiger partial charge >= 0.3 is 6.09 Å². The summed E-state index contributed by atoms with van der Waals surface area (Å²) in [7, 11) is -1.86. The van der Waals surface area contributed by atoms with Crippen LogP contribution in [0.1, 0.15) is 25.3 Å².